The molecule has 1 atom stereocenters. The molecule has 0 saturated carbocycles. The molecule has 1 heterocycles. The Morgan fingerprint density at radius 2 is 2.38 bits per heavy atom. The van der Waals surface area contributed by atoms with Gasteiger partial charge in [0.2, 0.25) is 0 Å². The SMILES string of the molecule is C[C@H](NC(=O)O)c1ccc(Br)nc1. The fourth-order valence-corrected chi connectivity index (χ4v) is 1.15. The molecule has 4 nitrogen and oxygen atoms in total. The molecule has 1 amide bonds. The van der Waals surface area contributed by atoms with Crippen molar-refractivity contribution in [2.45, 2.75) is 13.0 Å². The molecular formula is C8H9BrN2O2. The molecular weight excluding hydrogens is 236 g/mol. The van der Waals surface area contributed by atoms with Gasteiger partial charge in [0.25, 0.3) is 0 Å². The average molecular weight is 245 g/mol. The topological polar surface area (TPSA) is 62.2 Å². The van der Waals surface area contributed by atoms with E-state index in [1.807, 2.05) is 6.07 Å². The molecule has 0 spiro atoms. The third-order valence-corrected chi connectivity index (χ3v) is 2.06. The van der Waals surface area contributed by atoms with Crippen LogP contribution in [0.3, 0.4) is 0 Å². The average Bonchev–Trinajstić information content (AvgIpc) is 2.04. The van der Waals surface area contributed by atoms with Gasteiger partial charge < -0.3 is 10.4 Å². The number of rotatable bonds is 2. The number of aromatic nitrogens is 1. The first-order valence-corrected chi connectivity index (χ1v) is 4.50. The number of amides is 1. The Balaban J connectivity index is 2.71. The summed E-state index contributed by atoms with van der Waals surface area (Å²) in [6.45, 7) is 1.76. The highest BCUT2D eigenvalue weighted by Gasteiger charge is 2.07. The molecule has 0 radical (unpaired) electrons. The summed E-state index contributed by atoms with van der Waals surface area (Å²) in [4.78, 5) is 14.3. The van der Waals surface area contributed by atoms with Crippen molar-refractivity contribution in [3.05, 3.63) is 28.5 Å². The molecule has 1 aromatic rings. The zero-order valence-electron chi connectivity index (χ0n) is 6.99. The molecule has 2 N–H and O–H groups in total. The highest BCUT2D eigenvalue weighted by atomic mass is 79.9. The second kappa shape index (κ2) is 4.23. The van der Waals surface area contributed by atoms with E-state index >= 15 is 0 Å². The van der Waals surface area contributed by atoms with Crippen LogP contribution >= 0.6 is 15.9 Å². The second-order valence-electron chi connectivity index (χ2n) is 2.59. The number of carbonyl (C=O) groups is 1. The first-order valence-electron chi connectivity index (χ1n) is 3.70. The summed E-state index contributed by atoms with van der Waals surface area (Å²) in [5.74, 6) is 0. The van der Waals surface area contributed by atoms with E-state index < -0.39 is 6.09 Å². The largest absolute Gasteiger partial charge is 0.465 e. The van der Waals surface area contributed by atoms with Gasteiger partial charge in [0.05, 0.1) is 6.04 Å². The maximum absolute atomic E-state index is 10.3. The van der Waals surface area contributed by atoms with E-state index in [0.717, 1.165) is 10.2 Å². The van der Waals surface area contributed by atoms with Gasteiger partial charge in [0.1, 0.15) is 4.60 Å². The summed E-state index contributed by atoms with van der Waals surface area (Å²) in [7, 11) is 0. The molecule has 13 heavy (non-hydrogen) atoms. The quantitative estimate of drug-likeness (QED) is 0.785. The minimum absolute atomic E-state index is 0.238. The summed E-state index contributed by atoms with van der Waals surface area (Å²) in [6.07, 6.45) is 0.598. The Bertz CT molecular complexity index is 300. The summed E-state index contributed by atoms with van der Waals surface area (Å²) in [6, 6.07) is 3.35. The molecule has 70 valence electrons. The summed E-state index contributed by atoms with van der Waals surface area (Å²) in [5.41, 5.74) is 0.839. The predicted octanol–water partition coefficient (Wildman–Crippen LogP) is 2.17. The van der Waals surface area contributed by atoms with Crippen LogP contribution in [-0.4, -0.2) is 16.2 Å². The van der Waals surface area contributed by atoms with E-state index in [2.05, 4.69) is 26.2 Å². The third kappa shape index (κ3) is 3.02. The minimum atomic E-state index is -1.03. The van der Waals surface area contributed by atoms with Gasteiger partial charge in [-0.05, 0) is 34.5 Å². The lowest BCUT2D eigenvalue weighted by atomic mass is 10.1. The third-order valence-electron chi connectivity index (χ3n) is 1.59. The maximum atomic E-state index is 10.3. The molecule has 0 saturated heterocycles. The number of carboxylic acid groups (broad SMARTS) is 1. The van der Waals surface area contributed by atoms with Crippen LogP contribution in [0.15, 0.2) is 22.9 Å². The Labute approximate surface area is 84.1 Å². The zero-order chi connectivity index (χ0) is 9.84. The first-order chi connectivity index (χ1) is 6.09. The monoisotopic (exact) mass is 244 g/mol. The van der Waals surface area contributed by atoms with Crippen molar-refractivity contribution in [3.63, 3.8) is 0 Å². The van der Waals surface area contributed by atoms with Crippen molar-refractivity contribution in [1.29, 1.82) is 0 Å². The van der Waals surface area contributed by atoms with Gasteiger partial charge in [-0.1, -0.05) is 6.07 Å². The Kier molecular flexibility index (Phi) is 3.25. The van der Waals surface area contributed by atoms with E-state index in [-0.39, 0.29) is 6.04 Å². The van der Waals surface area contributed by atoms with Crippen LogP contribution < -0.4 is 5.32 Å². The zero-order valence-corrected chi connectivity index (χ0v) is 8.58. The number of pyridine rings is 1. The molecule has 0 fully saturated rings. The molecule has 0 bridgehead atoms. The standard InChI is InChI=1S/C8H9BrN2O2/c1-5(11-8(12)13)6-2-3-7(9)10-4-6/h2-5,11H,1H3,(H,12,13)/t5-/m0/s1. The lowest BCUT2D eigenvalue weighted by Gasteiger charge is -2.10. The van der Waals surface area contributed by atoms with Crippen LogP contribution in [0.2, 0.25) is 0 Å². The molecule has 1 aromatic heterocycles. The lowest BCUT2D eigenvalue weighted by molar-refractivity contribution is 0.191. The minimum Gasteiger partial charge on any atom is -0.465 e. The number of hydrogen-bond donors (Lipinski definition) is 2. The van der Waals surface area contributed by atoms with Gasteiger partial charge in [0.15, 0.2) is 0 Å². The van der Waals surface area contributed by atoms with Gasteiger partial charge >= 0.3 is 6.09 Å². The van der Waals surface area contributed by atoms with E-state index in [0.29, 0.717) is 0 Å². The highest BCUT2D eigenvalue weighted by Crippen LogP contribution is 2.13. The van der Waals surface area contributed by atoms with E-state index in [4.69, 9.17) is 5.11 Å². The fraction of sp³-hybridized carbons (Fsp3) is 0.250. The predicted molar refractivity (Wildman–Crippen MR) is 51.5 cm³/mol. The van der Waals surface area contributed by atoms with Gasteiger partial charge in [-0.15, -0.1) is 0 Å². The Morgan fingerprint density at radius 1 is 1.69 bits per heavy atom. The van der Waals surface area contributed by atoms with Crippen LogP contribution in [-0.2, 0) is 0 Å². The summed E-state index contributed by atoms with van der Waals surface area (Å²) >= 11 is 3.20. The summed E-state index contributed by atoms with van der Waals surface area (Å²) in [5, 5.41) is 10.8. The first kappa shape index (κ1) is 9.98. The van der Waals surface area contributed by atoms with Gasteiger partial charge in [-0.25, -0.2) is 9.78 Å². The number of nitrogens with zero attached hydrogens (tertiary/aromatic N) is 1. The van der Waals surface area contributed by atoms with Crippen LogP contribution in [0.1, 0.15) is 18.5 Å². The van der Waals surface area contributed by atoms with Crippen molar-refractivity contribution in [3.8, 4) is 0 Å². The number of halogens is 1. The molecule has 0 aliphatic carbocycles. The van der Waals surface area contributed by atoms with Gasteiger partial charge in [-0.3, -0.25) is 0 Å². The van der Waals surface area contributed by atoms with Crippen molar-refractivity contribution >= 4 is 22.0 Å². The van der Waals surface area contributed by atoms with Crippen LogP contribution in [0.4, 0.5) is 4.79 Å². The van der Waals surface area contributed by atoms with Gasteiger partial charge in [0, 0.05) is 6.20 Å². The molecule has 0 aliphatic heterocycles. The fourth-order valence-electron chi connectivity index (χ4n) is 0.912. The van der Waals surface area contributed by atoms with E-state index in [1.54, 1.807) is 19.2 Å². The van der Waals surface area contributed by atoms with Crippen molar-refractivity contribution < 1.29 is 9.90 Å². The normalized spacial score (nSPS) is 12.2. The molecule has 0 unspecified atom stereocenters. The Hall–Kier alpha value is -1.10. The summed E-state index contributed by atoms with van der Waals surface area (Å²) < 4.78 is 0.735. The molecule has 0 aliphatic rings. The van der Waals surface area contributed by atoms with E-state index in [9.17, 15) is 4.79 Å². The van der Waals surface area contributed by atoms with Gasteiger partial charge in [-0.2, -0.15) is 0 Å². The lowest BCUT2D eigenvalue weighted by Crippen LogP contribution is -2.24. The molecule has 1 rings (SSSR count). The van der Waals surface area contributed by atoms with Crippen molar-refractivity contribution in [1.82, 2.24) is 10.3 Å². The smallest absolute Gasteiger partial charge is 0.405 e. The number of nitrogens with one attached hydrogen (secondary N) is 1. The van der Waals surface area contributed by atoms with Crippen LogP contribution in [0.25, 0.3) is 0 Å². The van der Waals surface area contributed by atoms with Crippen molar-refractivity contribution in [2.75, 3.05) is 0 Å². The molecule has 0 aromatic carbocycles. The van der Waals surface area contributed by atoms with E-state index in [1.165, 1.54) is 0 Å². The van der Waals surface area contributed by atoms with Crippen LogP contribution in [0, 0.1) is 0 Å². The molecule has 5 heteroatoms. The Morgan fingerprint density at radius 3 is 2.85 bits per heavy atom. The second-order valence-corrected chi connectivity index (χ2v) is 3.40. The number of hydrogen-bond acceptors (Lipinski definition) is 2. The maximum Gasteiger partial charge on any atom is 0.405 e. The van der Waals surface area contributed by atoms with Crippen molar-refractivity contribution in [2.24, 2.45) is 0 Å². The highest BCUT2D eigenvalue weighted by molar-refractivity contribution is 9.10. The van der Waals surface area contributed by atoms with Crippen LogP contribution in [0.5, 0.6) is 0 Å².